The Labute approximate surface area is 330 Å². The minimum absolute atomic E-state index is 0.112. The van der Waals surface area contributed by atoms with Crippen molar-refractivity contribution in [3.8, 4) is 0 Å². The van der Waals surface area contributed by atoms with Crippen LogP contribution in [0.15, 0.2) is 104 Å². The van der Waals surface area contributed by atoms with Gasteiger partial charge >= 0.3 is 6.09 Å². The molecule has 0 saturated carbocycles. The first-order valence-electron chi connectivity index (χ1n) is 18.2. The summed E-state index contributed by atoms with van der Waals surface area (Å²) in [6, 6.07) is 29.0. The normalized spacial score (nSPS) is 16.1. The summed E-state index contributed by atoms with van der Waals surface area (Å²) < 4.78 is 5.31. The summed E-state index contributed by atoms with van der Waals surface area (Å²) in [7, 11) is 0. The number of halogens is 3. The zero-order valence-electron chi connectivity index (χ0n) is 30.2. The average molecular weight is 783 g/mol. The Hall–Kier alpha value is -4.89. The van der Waals surface area contributed by atoms with Crippen LogP contribution in [0.4, 0.5) is 16.2 Å². The highest BCUT2D eigenvalue weighted by Gasteiger charge is 2.32. The van der Waals surface area contributed by atoms with E-state index in [9.17, 15) is 9.59 Å². The third kappa shape index (κ3) is 7.69. The Balaban J connectivity index is 1.30. The molecule has 2 aliphatic rings. The van der Waals surface area contributed by atoms with Crippen molar-refractivity contribution in [2.75, 3.05) is 36.5 Å². The Bertz CT molecular complexity index is 2210. The Morgan fingerprint density at radius 3 is 2.33 bits per heavy atom. The average Bonchev–Trinajstić information content (AvgIpc) is 3.55. The van der Waals surface area contributed by atoms with Gasteiger partial charge in [-0.1, -0.05) is 89.9 Å². The van der Waals surface area contributed by atoms with Crippen LogP contribution < -0.4 is 10.2 Å². The lowest BCUT2D eigenvalue weighted by atomic mass is 9.95. The van der Waals surface area contributed by atoms with Crippen molar-refractivity contribution < 1.29 is 14.3 Å². The maximum absolute atomic E-state index is 14.8. The molecule has 2 aliphatic heterocycles. The molecule has 7 rings (SSSR count). The topological polar surface area (TPSA) is 80.9 Å². The zero-order chi connectivity index (χ0) is 37.9. The zero-order valence-corrected chi connectivity index (χ0v) is 32.5. The van der Waals surface area contributed by atoms with Gasteiger partial charge in [-0.15, -0.1) is 0 Å². The van der Waals surface area contributed by atoms with Crippen LogP contribution in [0.3, 0.4) is 0 Å². The van der Waals surface area contributed by atoms with E-state index in [0.29, 0.717) is 63.8 Å². The Morgan fingerprint density at radius 2 is 1.63 bits per heavy atom. The van der Waals surface area contributed by atoms with E-state index in [2.05, 4.69) is 52.7 Å². The van der Waals surface area contributed by atoms with E-state index in [-0.39, 0.29) is 24.1 Å². The SMILES string of the molecule is C=CN(/C(=C(\C)c1ccccc1)c1c(C(=O)Nc2cc(Cl)ccc2N2CCC(N3CCCOC3=O)CC2)[nH]c2cc(Cl)ccc12)C(C)c1ccc(Cl)cc1. The third-order valence-electron chi connectivity index (χ3n) is 10.5. The van der Waals surface area contributed by atoms with E-state index in [0.717, 1.165) is 52.7 Å². The fourth-order valence-electron chi connectivity index (χ4n) is 7.65. The second-order valence-corrected chi connectivity index (χ2v) is 15.0. The fraction of sp³-hybridized carbons (Fsp3) is 0.256. The molecule has 0 spiro atoms. The van der Waals surface area contributed by atoms with E-state index in [1.165, 1.54) is 0 Å². The van der Waals surface area contributed by atoms with Crippen LogP contribution in [0.1, 0.15) is 66.3 Å². The molecule has 5 aromatic rings. The van der Waals surface area contributed by atoms with Gasteiger partial charge < -0.3 is 29.7 Å². The fourth-order valence-corrected chi connectivity index (χ4v) is 8.12. The molecule has 3 heterocycles. The number of benzene rings is 4. The van der Waals surface area contributed by atoms with Gasteiger partial charge in [0.25, 0.3) is 5.91 Å². The summed E-state index contributed by atoms with van der Waals surface area (Å²) in [5, 5.41) is 5.74. The predicted octanol–water partition coefficient (Wildman–Crippen LogP) is 11.3. The summed E-state index contributed by atoms with van der Waals surface area (Å²) in [5.74, 6) is -0.340. The van der Waals surface area contributed by atoms with Crippen molar-refractivity contribution in [1.82, 2.24) is 14.8 Å². The highest BCUT2D eigenvalue weighted by atomic mass is 35.5. The van der Waals surface area contributed by atoms with Crippen molar-refractivity contribution in [2.24, 2.45) is 0 Å². The Kier molecular flexibility index (Phi) is 11.2. The summed E-state index contributed by atoms with van der Waals surface area (Å²) in [6.07, 6.45) is 3.98. The molecular weight excluding hydrogens is 741 g/mol. The Morgan fingerprint density at radius 1 is 0.944 bits per heavy atom. The van der Waals surface area contributed by atoms with Crippen LogP contribution in [0.25, 0.3) is 22.2 Å². The molecule has 11 heteroatoms. The number of allylic oxidation sites excluding steroid dienone is 1. The number of cyclic esters (lactones) is 1. The standard InChI is InChI=1S/C43H42Cl3N5O3/c1-4-50(28(3)30-11-13-31(44)14-12-30)41(27(2)29-9-6-5-7-10-29)39-35-17-15-32(45)25-36(35)47-40(39)42(52)48-37-26-33(46)16-18-38(37)49-22-19-34(20-23-49)51-21-8-24-54-43(51)53/h4-7,9-18,25-26,28,34,47H,1,8,19-24H2,2-3H3,(H,48,52)/b41-27+. The molecule has 0 radical (unpaired) electrons. The van der Waals surface area contributed by atoms with E-state index in [1.807, 2.05) is 77.7 Å². The predicted molar refractivity (Wildman–Crippen MR) is 221 cm³/mol. The van der Waals surface area contributed by atoms with Crippen LogP contribution in [-0.4, -0.2) is 59.1 Å². The van der Waals surface area contributed by atoms with Gasteiger partial charge in [0.2, 0.25) is 0 Å². The number of piperidine rings is 1. The number of anilines is 2. The minimum atomic E-state index is -0.340. The number of ether oxygens (including phenoxy) is 1. The lowest BCUT2D eigenvalue weighted by molar-refractivity contribution is 0.0499. The molecule has 2 amide bonds. The van der Waals surface area contributed by atoms with Gasteiger partial charge in [0.15, 0.2) is 0 Å². The number of H-pyrrole nitrogens is 1. The molecule has 54 heavy (non-hydrogen) atoms. The van der Waals surface area contributed by atoms with Crippen LogP contribution in [0, 0.1) is 0 Å². The number of nitrogens with one attached hydrogen (secondary N) is 2. The van der Waals surface area contributed by atoms with E-state index in [1.54, 1.807) is 12.3 Å². The number of nitrogens with zero attached hydrogens (tertiary/aromatic N) is 3. The van der Waals surface area contributed by atoms with Gasteiger partial charge in [-0.05, 0) is 98.5 Å². The van der Waals surface area contributed by atoms with Crippen LogP contribution >= 0.6 is 34.8 Å². The number of carbonyl (C=O) groups excluding carboxylic acids is 2. The van der Waals surface area contributed by atoms with Gasteiger partial charge in [-0.3, -0.25) is 4.79 Å². The number of aromatic amines is 1. The summed E-state index contributed by atoms with van der Waals surface area (Å²) in [6.45, 7) is 11.0. The van der Waals surface area contributed by atoms with Gasteiger partial charge in [-0.25, -0.2) is 4.79 Å². The number of fused-ring (bicyclic) bond motifs is 1. The van der Waals surface area contributed by atoms with Crippen LogP contribution in [0.2, 0.25) is 15.1 Å². The van der Waals surface area contributed by atoms with Gasteiger partial charge in [0.1, 0.15) is 5.69 Å². The number of hydrogen-bond acceptors (Lipinski definition) is 5. The molecule has 2 fully saturated rings. The second-order valence-electron chi connectivity index (χ2n) is 13.7. The molecule has 2 saturated heterocycles. The van der Waals surface area contributed by atoms with Crippen molar-refractivity contribution in [1.29, 1.82) is 0 Å². The van der Waals surface area contributed by atoms with Crippen molar-refractivity contribution in [3.63, 3.8) is 0 Å². The van der Waals surface area contributed by atoms with Gasteiger partial charge in [0, 0.05) is 57.2 Å². The summed E-state index contributed by atoms with van der Waals surface area (Å²) in [5.41, 5.74) is 7.01. The number of rotatable bonds is 10. The largest absolute Gasteiger partial charge is 0.449 e. The smallest absolute Gasteiger partial charge is 0.410 e. The minimum Gasteiger partial charge on any atom is -0.449 e. The summed E-state index contributed by atoms with van der Waals surface area (Å²) in [4.78, 5) is 36.9. The van der Waals surface area contributed by atoms with Gasteiger partial charge in [-0.2, -0.15) is 0 Å². The number of amides is 2. The van der Waals surface area contributed by atoms with Crippen molar-refractivity contribution in [3.05, 3.63) is 141 Å². The molecule has 2 N–H and O–H groups in total. The third-order valence-corrected chi connectivity index (χ3v) is 11.2. The van der Waals surface area contributed by atoms with Crippen LogP contribution in [0.5, 0.6) is 0 Å². The van der Waals surface area contributed by atoms with E-state index in [4.69, 9.17) is 39.5 Å². The first-order chi connectivity index (χ1) is 26.1. The highest BCUT2D eigenvalue weighted by Crippen LogP contribution is 2.42. The number of aromatic nitrogens is 1. The lowest BCUT2D eigenvalue weighted by Crippen LogP contribution is -2.50. The van der Waals surface area contributed by atoms with Gasteiger partial charge in [0.05, 0.1) is 29.7 Å². The molecule has 1 aromatic heterocycles. The monoisotopic (exact) mass is 781 g/mol. The molecule has 1 unspecified atom stereocenters. The quantitative estimate of drug-likeness (QED) is 0.147. The second kappa shape index (κ2) is 16.2. The lowest BCUT2D eigenvalue weighted by Gasteiger charge is -2.40. The van der Waals surface area contributed by atoms with Crippen molar-refractivity contribution >= 4 is 80.4 Å². The molecule has 0 aliphatic carbocycles. The van der Waals surface area contributed by atoms with Crippen molar-refractivity contribution in [2.45, 2.75) is 45.2 Å². The molecular formula is C43H42Cl3N5O3. The maximum Gasteiger partial charge on any atom is 0.410 e. The summed E-state index contributed by atoms with van der Waals surface area (Å²) >= 11 is 19.4. The first-order valence-corrected chi connectivity index (χ1v) is 19.3. The molecule has 4 aromatic carbocycles. The molecule has 278 valence electrons. The van der Waals surface area contributed by atoms with Crippen LogP contribution in [-0.2, 0) is 4.74 Å². The maximum atomic E-state index is 14.8. The molecule has 1 atom stereocenters. The molecule has 8 nitrogen and oxygen atoms in total. The number of carbonyl (C=O) groups is 2. The molecule has 0 bridgehead atoms. The van der Waals surface area contributed by atoms with E-state index >= 15 is 0 Å². The van der Waals surface area contributed by atoms with E-state index < -0.39 is 0 Å². The number of hydrogen-bond donors (Lipinski definition) is 2. The highest BCUT2D eigenvalue weighted by molar-refractivity contribution is 6.32. The first kappa shape index (κ1) is 37.4.